The molecule has 12 atom stereocenters. The van der Waals surface area contributed by atoms with Crippen LogP contribution in [-0.2, 0) is 57.5 Å². The molecule has 3 N–H and O–H groups in total. The Balaban J connectivity index is 1.19. The second-order valence-corrected chi connectivity index (χ2v) is 32.6. The Labute approximate surface area is 624 Å². The van der Waals surface area contributed by atoms with Crippen molar-refractivity contribution in [3.05, 3.63) is 0 Å². The molecule has 606 valence electrons. The predicted molar refractivity (Wildman–Crippen MR) is 379 cm³/mol. The zero-order valence-electron chi connectivity index (χ0n) is 64.5. The average Bonchev–Trinajstić information content (AvgIpc) is 1.60. The number of carbonyl (C=O) groups is 11. The Morgan fingerprint density at radius 1 is 0.617 bits per heavy atom. The summed E-state index contributed by atoms with van der Waals surface area (Å²) in [5.74, 6) is -14.3. The van der Waals surface area contributed by atoms with Gasteiger partial charge in [-0.15, -0.1) is 0 Å². The quantitative estimate of drug-likeness (QED) is 0.160. The van der Waals surface area contributed by atoms with Crippen LogP contribution in [0.15, 0.2) is 0 Å². The van der Waals surface area contributed by atoms with E-state index < -0.39 is 218 Å². The first-order chi connectivity index (χ1) is 50.3. The van der Waals surface area contributed by atoms with Crippen LogP contribution in [0.3, 0.4) is 0 Å². The Morgan fingerprint density at radius 3 is 1.79 bits per heavy atom. The minimum atomic E-state index is -5.20. The molecule has 3 heterocycles. The number of hydrogen-bond acceptors (Lipinski definition) is 13. The molecule has 3 saturated heterocycles. The van der Waals surface area contributed by atoms with Crippen LogP contribution in [0.2, 0.25) is 0 Å². The second-order valence-electron chi connectivity index (χ2n) is 32.6. The van der Waals surface area contributed by atoms with Crippen molar-refractivity contribution in [2.24, 2.45) is 41.4 Å². The fourth-order valence-corrected chi connectivity index (χ4v) is 17.7. The van der Waals surface area contributed by atoms with Crippen LogP contribution in [-0.4, -0.2) is 289 Å². The molecule has 8 fully saturated rings. The topological polar surface area (TPSA) is 262 Å². The minimum absolute atomic E-state index is 0.0339. The van der Waals surface area contributed by atoms with E-state index in [9.17, 15) is 50.3 Å². The van der Waals surface area contributed by atoms with E-state index in [1.165, 1.54) is 83.6 Å². The van der Waals surface area contributed by atoms with Gasteiger partial charge in [0.15, 0.2) is 0 Å². The van der Waals surface area contributed by atoms with Crippen molar-refractivity contribution in [3.63, 3.8) is 0 Å². The fourth-order valence-electron chi connectivity index (χ4n) is 17.7. The van der Waals surface area contributed by atoms with Crippen molar-refractivity contribution in [3.8, 4) is 0 Å². The molecule has 8 aliphatic rings. The zero-order valence-corrected chi connectivity index (χ0v) is 64.5. The van der Waals surface area contributed by atoms with Gasteiger partial charge in [-0.25, -0.2) is 8.78 Å². The maximum atomic E-state index is 15.5. The highest BCUT2D eigenvalue weighted by Gasteiger charge is 2.56. The van der Waals surface area contributed by atoms with Gasteiger partial charge in [0.2, 0.25) is 65.0 Å². The summed E-state index contributed by atoms with van der Waals surface area (Å²) in [5.41, 5.74) is -1.65. The normalized spacial score (nSPS) is 32.7. The molecule has 107 heavy (non-hydrogen) atoms. The number of nitrogens with one attached hydrogen (secondary N) is 3. The van der Waals surface area contributed by atoms with E-state index in [1.807, 2.05) is 13.8 Å². The molecule has 0 aromatic rings. The van der Waals surface area contributed by atoms with Crippen LogP contribution in [0, 0.1) is 41.4 Å². The second kappa shape index (κ2) is 37.0. The number of alkyl halides is 8. The van der Waals surface area contributed by atoms with Gasteiger partial charge in [-0.2, -0.15) is 26.3 Å². The molecule has 32 heteroatoms. The first-order valence-corrected chi connectivity index (χ1v) is 39.1. The van der Waals surface area contributed by atoms with Crippen molar-refractivity contribution in [2.75, 3.05) is 95.7 Å². The van der Waals surface area contributed by atoms with Gasteiger partial charge in [-0.05, 0) is 146 Å². The lowest BCUT2D eigenvalue weighted by Crippen LogP contribution is -2.68. The number of amides is 11. The molecule has 2 bridgehead atoms. The highest BCUT2D eigenvalue weighted by atomic mass is 19.4. The van der Waals surface area contributed by atoms with Gasteiger partial charge in [0.25, 0.3) is 0 Å². The standard InChI is InChI=1S/C75H118F8N12O12/c1-12-44(3)63-70(104)89(7)43-61(98)91(9)55-22-15-14-18-33-94(69(55)103)58(37-46-25-28-49(29-26-46)74(78,79)80)68(102)88(6)42-59(96)85-54(30-27-47-35-52(76)62(53(77)36-47)75(81,82)83)66(100)95-41-51(107-13-2)38-56(95)65(99)86-73(31-19-32-73)72(106)93(11)64(48-20-16-17-21-48)71(105)92(10)57(67(101)87(4)5)39-60(97)90(8)50(40-84-63)34-45-23-24-45/h44-58,62-64,84H,12-43H2,1-11H3,(H,85,96)(H,86,99)/t44-,46?,47?,49?,50-,51+,52?,53?,54-,55-,56-,57-,58-,62?,63-,64-/m0/s1. The van der Waals surface area contributed by atoms with Gasteiger partial charge < -0.3 is 64.8 Å². The Kier molecular flexibility index (Phi) is 29.8. The first-order valence-electron chi connectivity index (χ1n) is 39.1. The maximum absolute atomic E-state index is 15.5. The third-order valence-electron chi connectivity index (χ3n) is 24.9. The fraction of sp³-hybridized carbons (Fsp3) is 0.853. The van der Waals surface area contributed by atoms with Crippen molar-refractivity contribution in [1.82, 2.24) is 60.0 Å². The summed E-state index contributed by atoms with van der Waals surface area (Å²) in [4.78, 5) is 178. The largest absolute Gasteiger partial charge is 0.397 e. The highest BCUT2D eigenvalue weighted by Crippen LogP contribution is 2.46. The van der Waals surface area contributed by atoms with Crippen LogP contribution >= 0.6 is 0 Å². The van der Waals surface area contributed by atoms with Crippen LogP contribution in [0.4, 0.5) is 35.1 Å². The maximum Gasteiger partial charge on any atom is 0.397 e. The minimum Gasteiger partial charge on any atom is -0.377 e. The van der Waals surface area contributed by atoms with E-state index in [4.69, 9.17) is 4.74 Å². The van der Waals surface area contributed by atoms with Gasteiger partial charge in [0.05, 0.1) is 37.6 Å². The Bertz CT molecular complexity index is 3120. The third kappa shape index (κ3) is 21.2. The highest BCUT2D eigenvalue weighted by molar-refractivity contribution is 6.00. The molecule has 5 saturated carbocycles. The molecular formula is C75H118F8N12O12. The smallest absolute Gasteiger partial charge is 0.377 e. The molecule has 11 amide bonds. The van der Waals surface area contributed by atoms with Gasteiger partial charge in [-0.3, -0.25) is 52.7 Å². The van der Waals surface area contributed by atoms with E-state index in [0.717, 1.165) is 22.6 Å². The van der Waals surface area contributed by atoms with Gasteiger partial charge in [-0.1, -0.05) is 58.8 Å². The van der Waals surface area contributed by atoms with Gasteiger partial charge in [0.1, 0.15) is 60.1 Å². The van der Waals surface area contributed by atoms with Crippen LogP contribution in [0.25, 0.3) is 0 Å². The zero-order chi connectivity index (χ0) is 78.9. The summed E-state index contributed by atoms with van der Waals surface area (Å²) >= 11 is 0. The van der Waals surface area contributed by atoms with E-state index in [1.54, 1.807) is 14.0 Å². The lowest BCUT2D eigenvalue weighted by atomic mass is 9.74. The summed E-state index contributed by atoms with van der Waals surface area (Å²) in [7, 11) is 11.6. The molecular weight excluding hydrogens is 1410 g/mol. The number of halogens is 8. The molecule has 3 aliphatic heterocycles. The molecule has 1 spiro atoms. The van der Waals surface area contributed by atoms with Crippen LogP contribution < -0.4 is 16.0 Å². The van der Waals surface area contributed by atoms with E-state index in [0.29, 0.717) is 64.2 Å². The number of hydrogen-bond donors (Lipinski definition) is 3. The number of fused-ring (bicyclic) bond motifs is 3. The number of ether oxygens (including phenoxy) is 1. The summed E-state index contributed by atoms with van der Waals surface area (Å²) in [6.45, 7) is 4.01. The molecule has 0 radical (unpaired) electrons. The molecule has 5 aliphatic carbocycles. The van der Waals surface area contributed by atoms with Crippen LogP contribution in [0.1, 0.15) is 188 Å². The summed E-state index contributed by atoms with van der Waals surface area (Å²) in [5, 5.41) is 9.04. The van der Waals surface area contributed by atoms with Crippen molar-refractivity contribution in [1.29, 1.82) is 0 Å². The lowest BCUT2D eigenvalue weighted by molar-refractivity contribution is -0.219. The summed E-state index contributed by atoms with van der Waals surface area (Å²) < 4.78 is 121. The summed E-state index contributed by atoms with van der Waals surface area (Å²) in [6, 6.07) is -9.75. The number of rotatable bonds is 13. The summed E-state index contributed by atoms with van der Waals surface area (Å²) in [6.07, 6.45) is -11.8. The number of nitrogens with zero attached hydrogens (tertiary/aromatic N) is 9. The Hall–Kier alpha value is -6.47. The molecule has 8 rings (SSSR count). The van der Waals surface area contributed by atoms with Gasteiger partial charge >= 0.3 is 12.4 Å². The third-order valence-corrected chi connectivity index (χ3v) is 24.9. The van der Waals surface area contributed by atoms with E-state index >= 15 is 37.5 Å². The average molecular weight is 1530 g/mol. The van der Waals surface area contributed by atoms with E-state index in [2.05, 4.69) is 16.0 Å². The predicted octanol–water partition coefficient (Wildman–Crippen LogP) is 6.80. The number of likely N-dealkylation sites (N-methyl/N-ethyl adjacent to an activating group) is 7. The van der Waals surface area contributed by atoms with Gasteiger partial charge in [0, 0.05) is 95.1 Å². The molecule has 0 aromatic carbocycles. The molecule has 24 nitrogen and oxygen atoms in total. The number of carbonyl (C=O) groups excluding carboxylic acids is 11. The monoisotopic (exact) mass is 1530 g/mol. The van der Waals surface area contributed by atoms with Crippen molar-refractivity contribution in [2.45, 2.75) is 272 Å². The SMILES string of the molecule is CCO[C@@H]1C[C@H]2C(=O)NC3(CCC3)C(=O)N(C)[C@@H](C3CCCC3)C(=O)N(C)[C@H](C(=O)N(C)C)CC(=O)N(C)[C@@H](CC3CC3)CN[C@@H]([C@@H](C)CC)C(=O)N(C)CC(=O)N(C)[C@H]3CCCCCN(C3=O)[C@@H](CC3CCC(C(F)(F)F)CC3)C(=O)N(C)CC(=O)N[C@@H](CCC3CC(F)C(C(F)(F)F)C(F)C3)C(=O)N2C1. The molecule has 2 unspecified atom stereocenters. The molecule has 0 aromatic heterocycles. The first kappa shape index (κ1) is 86.1. The van der Waals surface area contributed by atoms with E-state index in [-0.39, 0.29) is 102 Å². The lowest BCUT2D eigenvalue weighted by Gasteiger charge is -2.46. The Morgan fingerprint density at radius 2 is 1.22 bits per heavy atom. The van der Waals surface area contributed by atoms with Crippen LogP contribution in [0.5, 0.6) is 0 Å². The van der Waals surface area contributed by atoms with Crippen molar-refractivity contribution < 1.29 is 92.6 Å². The van der Waals surface area contributed by atoms with Crippen molar-refractivity contribution >= 4 is 65.0 Å².